The number of aromatic nitrogens is 2. The molecule has 142 valence electrons. The first-order valence-electron chi connectivity index (χ1n) is 8.02. The monoisotopic (exact) mass is 391 g/mol. The molecule has 0 unspecified atom stereocenters. The average molecular weight is 391 g/mol. The molecule has 0 saturated heterocycles. The topological polar surface area (TPSA) is 73.1 Å². The lowest BCUT2D eigenvalue weighted by atomic mass is 10.1. The predicted molar refractivity (Wildman–Crippen MR) is 98.6 cm³/mol. The van der Waals surface area contributed by atoms with E-state index < -0.39 is 17.8 Å². The van der Waals surface area contributed by atoms with Gasteiger partial charge in [-0.3, -0.25) is 9.20 Å². The molecule has 9 heteroatoms. The summed E-state index contributed by atoms with van der Waals surface area (Å²) in [5, 5.41) is 1.67. The van der Waals surface area contributed by atoms with E-state index in [0.717, 1.165) is 0 Å². The van der Waals surface area contributed by atoms with Gasteiger partial charge in [-0.15, -0.1) is 11.3 Å². The summed E-state index contributed by atoms with van der Waals surface area (Å²) in [4.78, 5) is 30.8. The highest BCUT2D eigenvalue weighted by Crippen LogP contribution is 2.27. The van der Waals surface area contributed by atoms with Crippen molar-refractivity contribution in [2.45, 2.75) is 13.0 Å². The zero-order chi connectivity index (χ0) is 19.7. The van der Waals surface area contributed by atoms with Crippen LogP contribution in [-0.2, 0) is 9.53 Å². The molecule has 1 amide bonds. The average Bonchev–Trinajstić information content (AvgIpc) is 3.26. The summed E-state index contributed by atoms with van der Waals surface area (Å²) in [7, 11) is 4.20. The van der Waals surface area contributed by atoms with Gasteiger partial charge in [-0.2, -0.15) is 0 Å². The predicted octanol–water partition coefficient (Wildman–Crippen LogP) is 2.84. The number of ether oxygens (including phenoxy) is 2. The molecule has 0 saturated carbocycles. The maximum atomic E-state index is 14.0. The normalized spacial score (nSPS) is 12.0. The van der Waals surface area contributed by atoms with Crippen molar-refractivity contribution in [3.8, 4) is 17.0 Å². The summed E-state index contributed by atoms with van der Waals surface area (Å²) < 4.78 is 25.2. The number of likely N-dealkylation sites (N-methyl/N-ethyl adjacent to an activating group) is 1. The standard InChI is InChI=1S/C18H18FN3O4S/c1-10(17(24)26-4)21(2)16(23)14-9-27-18-20-13(8-22(14)18)11-5-6-15(25-3)12(19)7-11/h5-10H,1-4H3/t10-/m0/s1. The van der Waals surface area contributed by atoms with Crippen LogP contribution < -0.4 is 4.74 Å². The summed E-state index contributed by atoms with van der Waals surface area (Å²) >= 11 is 1.28. The van der Waals surface area contributed by atoms with Crippen molar-refractivity contribution < 1.29 is 23.5 Å². The molecule has 0 bridgehead atoms. The molecule has 0 N–H and O–H groups in total. The molecule has 0 fully saturated rings. The smallest absolute Gasteiger partial charge is 0.328 e. The van der Waals surface area contributed by atoms with E-state index in [4.69, 9.17) is 4.74 Å². The second kappa shape index (κ2) is 7.36. The largest absolute Gasteiger partial charge is 0.494 e. The summed E-state index contributed by atoms with van der Waals surface area (Å²) in [6.07, 6.45) is 1.66. The number of rotatable bonds is 5. The molecular weight excluding hydrogens is 373 g/mol. The Morgan fingerprint density at radius 1 is 1.33 bits per heavy atom. The van der Waals surface area contributed by atoms with Crippen LogP contribution in [0.15, 0.2) is 29.8 Å². The van der Waals surface area contributed by atoms with E-state index in [9.17, 15) is 14.0 Å². The molecule has 3 aromatic rings. The van der Waals surface area contributed by atoms with Crippen LogP contribution in [-0.4, -0.2) is 53.5 Å². The zero-order valence-electron chi connectivity index (χ0n) is 15.2. The fourth-order valence-corrected chi connectivity index (χ4v) is 3.43. The molecule has 0 aliphatic heterocycles. The molecule has 0 aliphatic carbocycles. The van der Waals surface area contributed by atoms with Crippen LogP contribution in [0.25, 0.3) is 16.2 Å². The van der Waals surface area contributed by atoms with Crippen molar-refractivity contribution >= 4 is 28.2 Å². The number of esters is 1. The first kappa shape index (κ1) is 18.8. The summed E-state index contributed by atoms with van der Waals surface area (Å²) in [6, 6.07) is 3.83. The number of amides is 1. The lowest BCUT2D eigenvalue weighted by Gasteiger charge is -2.22. The van der Waals surface area contributed by atoms with Crippen molar-refractivity contribution in [1.29, 1.82) is 0 Å². The maximum Gasteiger partial charge on any atom is 0.328 e. The van der Waals surface area contributed by atoms with Gasteiger partial charge in [0.05, 0.1) is 19.9 Å². The van der Waals surface area contributed by atoms with Crippen molar-refractivity contribution in [2.24, 2.45) is 0 Å². The number of carbonyl (C=O) groups is 2. The first-order chi connectivity index (χ1) is 12.9. The minimum atomic E-state index is -0.726. The minimum absolute atomic E-state index is 0.147. The Balaban J connectivity index is 1.95. The molecule has 0 spiro atoms. The van der Waals surface area contributed by atoms with Crippen molar-refractivity contribution in [3.05, 3.63) is 41.3 Å². The highest BCUT2D eigenvalue weighted by molar-refractivity contribution is 7.15. The Bertz CT molecular complexity index is 1010. The first-order valence-corrected chi connectivity index (χ1v) is 8.90. The third-order valence-corrected chi connectivity index (χ3v) is 5.16. The van der Waals surface area contributed by atoms with E-state index in [-0.39, 0.29) is 11.7 Å². The molecule has 0 aliphatic rings. The summed E-state index contributed by atoms with van der Waals surface area (Å²) in [5.74, 6) is -1.19. The Morgan fingerprint density at radius 2 is 2.07 bits per heavy atom. The molecule has 1 atom stereocenters. The number of hydrogen-bond donors (Lipinski definition) is 0. The molecule has 0 radical (unpaired) electrons. The Morgan fingerprint density at radius 3 is 2.70 bits per heavy atom. The number of hydrogen-bond acceptors (Lipinski definition) is 6. The van der Waals surface area contributed by atoms with Gasteiger partial charge in [0.2, 0.25) is 0 Å². The van der Waals surface area contributed by atoms with Crippen LogP contribution in [0.2, 0.25) is 0 Å². The number of imidazole rings is 1. The van der Waals surface area contributed by atoms with E-state index >= 15 is 0 Å². The third kappa shape index (κ3) is 3.37. The molecule has 27 heavy (non-hydrogen) atoms. The maximum absolute atomic E-state index is 14.0. The van der Waals surface area contributed by atoms with Gasteiger partial charge in [-0.05, 0) is 25.1 Å². The summed E-state index contributed by atoms with van der Waals surface area (Å²) in [6.45, 7) is 1.59. The van der Waals surface area contributed by atoms with Gasteiger partial charge in [0, 0.05) is 24.2 Å². The number of fused-ring (bicyclic) bond motifs is 1. The molecule has 2 aromatic heterocycles. The number of thiazole rings is 1. The van der Waals surface area contributed by atoms with Crippen LogP contribution >= 0.6 is 11.3 Å². The van der Waals surface area contributed by atoms with Crippen LogP contribution in [0.4, 0.5) is 4.39 Å². The van der Waals surface area contributed by atoms with Crippen LogP contribution in [0.3, 0.4) is 0 Å². The van der Waals surface area contributed by atoms with Crippen LogP contribution in [0, 0.1) is 5.82 Å². The van der Waals surface area contributed by atoms with E-state index in [1.54, 1.807) is 29.0 Å². The van der Waals surface area contributed by atoms with E-state index in [2.05, 4.69) is 9.72 Å². The molecule has 1 aromatic carbocycles. The molecule has 3 rings (SSSR count). The molecular formula is C18H18FN3O4S. The number of nitrogens with zero attached hydrogens (tertiary/aromatic N) is 3. The van der Waals surface area contributed by atoms with Gasteiger partial charge in [-0.1, -0.05) is 0 Å². The highest BCUT2D eigenvalue weighted by atomic mass is 32.1. The van der Waals surface area contributed by atoms with Crippen molar-refractivity contribution in [1.82, 2.24) is 14.3 Å². The number of benzene rings is 1. The lowest BCUT2D eigenvalue weighted by molar-refractivity contribution is -0.144. The van der Waals surface area contributed by atoms with Crippen molar-refractivity contribution in [3.63, 3.8) is 0 Å². The minimum Gasteiger partial charge on any atom is -0.494 e. The zero-order valence-corrected chi connectivity index (χ0v) is 16.0. The van der Waals surface area contributed by atoms with E-state index in [1.165, 1.54) is 49.6 Å². The van der Waals surface area contributed by atoms with Crippen molar-refractivity contribution in [2.75, 3.05) is 21.3 Å². The third-order valence-electron chi connectivity index (χ3n) is 4.32. The summed E-state index contributed by atoms with van der Waals surface area (Å²) in [5.41, 5.74) is 1.46. The second-order valence-corrected chi connectivity index (χ2v) is 6.70. The van der Waals surface area contributed by atoms with Gasteiger partial charge in [0.15, 0.2) is 16.5 Å². The van der Waals surface area contributed by atoms with Gasteiger partial charge >= 0.3 is 5.97 Å². The SMILES string of the molecule is COC(=O)[C@H](C)N(C)C(=O)c1csc2nc(-c3ccc(OC)c(F)c3)cn12. The Kier molecular flexibility index (Phi) is 5.13. The lowest BCUT2D eigenvalue weighted by Crippen LogP contribution is -2.41. The fourth-order valence-electron chi connectivity index (χ4n) is 2.59. The van der Waals surface area contributed by atoms with E-state index in [0.29, 0.717) is 21.9 Å². The van der Waals surface area contributed by atoms with Gasteiger partial charge < -0.3 is 14.4 Å². The molecule has 7 nitrogen and oxygen atoms in total. The quantitative estimate of drug-likeness (QED) is 0.626. The fraction of sp³-hybridized carbons (Fsp3) is 0.278. The number of carbonyl (C=O) groups excluding carboxylic acids is 2. The van der Waals surface area contributed by atoms with Gasteiger partial charge in [0.25, 0.3) is 5.91 Å². The number of halogens is 1. The Hall–Kier alpha value is -2.94. The highest BCUT2D eigenvalue weighted by Gasteiger charge is 2.26. The van der Waals surface area contributed by atoms with Crippen LogP contribution in [0.1, 0.15) is 17.4 Å². The van der Waals surface area contributed by atoms with Gasteiger partial charge in [-0.25, -0.2) is 14.2 Å². The second-order valence-electron chi connectivity index (χ2n) is 5.86. The van der Waals surface area contributed by atoms with Crippen LogP contribution in [0.5, 0.6) is 5.75 Å². The Labute approximate surface area is 158 Å². The molecule has 2 heterocycles. The number of methoxy groups -OCH3 is 2. The van der Waals surface area contributed by atoms with E-state index in [1.807, 2.05) is 0 Å². The van der Waals surface area contributed by atoms with Gasteiger partial charge in [0.1, 0.15) is 11.7 Å².